The smallest absolute Gasteiger partial charge is 0.251 e. The molecule has 0 spiro atoms. The topological polar surface area (TPSA) is 67.2 Å². The zero-order chi connectivity index (χ0) is 16.9. The summed E-state index contributed by atoms with van der Waals surface area (Å²) in [4.78, 5) is 16.2. The number of hydrogen-bond acceptors (Lipinski definition) is 3. The van der Waals surface area contributed by atoms with Crippen molar-refractivity contribution in [1.82, 2.24) is 14.9 Å². The van der Waals surface area contributed by atoms with Crippen LogP contribution in [-0.4, -0.2) is 27.1 Å². The number of aliphatic hydroxyl groups is 1. The van der Waals surface area contributed by atoms with E-state index in [0.29, 0.717) is 5.56 Å². The van der Waals surface area contributed by atoms with E-state index in [2.05, 4.69) is 10.3 Å². The second-order valence-electron chi connectivity index (χ2n) is 5.60. The van der Waals surface area contributed by atoms with Crippen molar-refractivity contribution in [2.45, 2.75) is 13.0 Å². The zero-order valence-electron chi connectivity index (χ0n) is 13.4. The summed E-state index contributed by atoms with van der Waals surface area (Å²) in [7, 11) is 0. The lowest BCUT2D eigenvalue weighted by Crippen LogP contribution is -2.28. The standard InChI is InChI=1S/C19H19N3O2/c1-14-4-2-3-5-17(14)18(23)12-21-19(24)15-6-8-16(9-7-15)22-11-10-20-13-22/h2-11,13,18,23H,12H2,1H3,(H,21,24). The summed E-state index contributed by atoms with van der Waals surface area (Å²) in [5, 5.41) is 13.0. The maximum atomic E-state index is 12.2. The van der Waals surface area contributed by atoms with Gasteiger partial charge in [-0.3, -0.25) is 4.79 Å². The monoisotopic (exact) mass is 321 g/mol. The molecule has 0 saturated carbocycles. The Morgan fingerprint density at radius 3 is 2.62 bits per heavy atom. The van der Waals surface area contributed by atoms with Crippen LogP contribution in [0.15, 0.2) is 67.3 Å². The molecule has 0 saturated heterocycles. The number of aromatic nitrogens is 2. The molecular weight excluding hydrogens is 302 g/mol. The number of benzene rings is 2. The van der Waals surface area contributed by atoms with Crippen LogP contribution in [0.5, 0.6) is 0 Å². The van der Waals surface area contributed by atoms with Crippen LogP contribution in [0.25, 0.3) is 5.69 Å². The number of carbonyl (C=O) groups excluding carboxylic acids is 1. The molecule has 0 fully saturated rings. The number of aliphatic hydroxyl groups excluding tert-OH is 1. The molecule has 1 aromatic heterocycles. The first kappa shape index (κ1) is 16.0. The SMILES string of the molecule is Cc1ccccc1C(O)CNC(=O)c1ccc(-n2ccnc2)cc1. The van der Waals surface area contributed by atoms with E-state index in [1.165, 1.54) is 0 Å². The molecule has 0 aliphatic carbocycles. The van der Waals surface area contributed by atoms with Crippen molar-refractivity contribution in [3.8, 4) is 5.69 Å². The van der Waals surface area contributed by atoms with E-state index >= 15 is 0 Å². The molecular formula is C19H19N3O2. The van der Waals surface area contributed by atoms with Gasteiger partial charge in [-0.15, -0.1) is 0 Å². The minimum atomic E-state index is -0.722. The summed E-state index contributed by atoms with van der Waals surface area (Å²) in [5.41, 5.74) is 3.32. The average Bonchev–Trinajstić information content (AvgIpc) is 3.14. The normalized spacial score (nSPS) is 11.9. The molecule has 1 amide bonds. The van der Waals surface area contributed by atoms with Gasteiger partial charge in [-0.1, -0.05) is 24.3 Å². The van der Waals surface area contributed by atoms with Gasteiger partial charge in [0, 0.05) is 30.2 Å². The van der Waals surface area contributed by atoms with Gasteiger partial charge >= 0.3 is 0 Å². The van der Waals surface area contributed by atoms with Gasteiger partial charge in [0.05, 0.1) is 12.4 Å². The predicted octanol–water partition coefficient (Wildman–Crippen LogP) is 2.64. The summed E-state index contributed by atoms with van der Waals surface area (Å²) in [5.74, 6) is -0.209. The van der Waals surface area contributed by atoms with E-state index in [1.807, 2.05) is 54.1 Å². The van der Waals surface area contributed by atoms with Gasteiger partial charge in [-0.05, 0) is 42.3 Å². The quantitative estimate of drug-likeness (QED) is 0.759. The minimum Gasteiger partial charge on any atom is -0.387 e. The molecule has 122 valence electrons. The van der Waals surface area contributed by atoms with Crippen LogP contribution < -0.4 is 5.32 Å². The Morgan fingerprint density at radius 1 is 1.21 bits per heavy atom. The van der Waals surface area contributed by atoms with E-state index in [1.54, 1.807) is 24.7 Å². The molecule has 0 radical (unpaired) electrons. The van der Waals surface area contributed by atoms with E-state index < -0.39 is 6.10 Å². The number of carbonyl (C=O) groups is 1. The van der Waals surface area contributed by atoms with Crippen molar-refractivity contribution >= 4 is 5.91 Å². The van der Waals surface area contributed by atoms with Crippen LogP contribution in [0.2, 0.25) is 0 Å². The third kappa shape index (κ3) is 3.52. The highest BCUT2D eigenvalue weighted by Gasteiger charge is 2.12. The van der Waals surface area contributed by atoms with Crippen molar-refractivity contribution in [2.24, 2.45) is 0 Å². The van der Waals surface area contributed by atoms with Crippen LogP contribution in [0.3, 0.4) is 0 Å². The van der Waals surface area contributed by atoms with Gasteiger partial charge in [-0.25, -0.2) is 4.98 Å². The van der Waals surface area contributed by atoms with Crippen molar-refractivity contribution in [2.75, 3.05) is 6.54 Å². The fourth-order valence-corrected chi connectivity index (χ4v) is 2.56. The molecule has 1 heterocycles. The van der Waals surface area contributed by atoms with E-state index in [0.717, 1.165) is 16.8 Å². The largest absolute Gasteiger partial charge is 0.387 e. The molecule has 0 aliphatic heterocycles. The molecule has 2 aromatic carbocycles. The Labute approximate surface area is 140 Å². The van der Waals surface area contributed by atoms with Gasteiger partial charge in [-0.2, -0.15) is 0 Å². The van der Waals surface area contributed by atoms with Gasteiger partial charge in [0.1, 0.15) is 0 Å². The molecule has 2 N–H and O–H groups in total. The third-order valence-corrected chi connectivity index (χ3v) is 3.94. The molecule has 24 heavy (non-hydrogen) atoms. The Balaban J connectivity index is 1.62. The second-order valence-corrected chi connectivity index (χ2v) is 5.60. The average molecular weight is 321 g/mol. The highest BCUT2D eigenvalue weighted by molar-refractivity contribution is 5.94. The Morgan fingerprint density at radius 2 is 1.96 bits per heavy atom. The molecule has 3 aromatic rings. The van der Waals surface area contributed by atoms with Crippen molar-refractivity contribution in [1.29, 1.82) is 0 Å². The lowest BCUT2D eigenvalue weighted by molar-refractivity contribution is 0.0916. The van der Waals surface area contributed by atoms with Crippen LogP contribution in [0.1, 0.15) is 27.6 Å². The van der Waals surface area contributed by atoms with Crippen LogP contribution >= 0.6 is 0 Å². The molecule has 5 nitrogen and oxygen atoms in total. The molecule has 0 bridgehead atoms. The first-order valence-corrected chi connectivity index (χ1v) is 7.75. The van der Waals surface area contributed by atoms with Crippen molar-refractivity contribution in [3.63, 3.8) is 0 Å². The van der Waals surface area contributed by atoms with Gasteiger partial charge in [0.15, 0.2) is 0 Å². The Bertz CT molecular complexity index is 811. The molecule has 3 rings (SSSR count). The zero-order valence-corrected chi connectivity index (χ0v) is 13.4. The van der Waals surface area contributed by atoms with Crippen molar-refractivity contribution < 1.29 is 9.90 Å². The first-order valence-electron chi connectivity index (χ1n) is 7.75. The van der Waals surface area contributed by atoms with Gasteiger partial charge in [0.25, 0.3) is 5.91 Å². The summed E-state index contributed by atoms with van der Waals surface area (Å²) < 4.78 is 1.86. The summed E-state index contributed by atoms with van der Waals surface area (Å²) in [6.07, 6.45) is 4.52. The number of nitrogens with one attached hydrogen (secondary N) is 1. The van der Waals surface area contributed by atoms with E-state index in [-0.39, 0.29) is 12.5 Å². The number of imidazole rings is 1. The van der Waals surface area contributed by atoms with E-state index in [4.69, 9.17) is 0 Å². The third-order valence-electron chi connectivity index (χ3n) is 3.94. The number of nitrogens with zero attached hydrogens (tertiary/aromatic N) is 2. The summed E-state index contributed by atoms with van der Waals surface area (Å²) >= 11 is 0. The Kier molecular flexibility index (Phi) is 4.72. The second kappa shape index (κ2) is 7.10. The molecule has 0 aliphatic rings. The number of amides is 1. The van der Waals surface area contributed by atoms with Crippen LogP contribution in [0.4, 0.5) is 0 Å². The highest BCUT2D eigenvalue weighted by atomic mass is 16.3. The Hall–Kier alpha value is -2.92. The lowest BCUT2D eigenvalue weighted by Gasteiger charge is -2.14. The van der Waals surface area contributed by atoms with Gasteiger partial charge < -0.3 is 15.0 Å². The van der Waals surface area contributed by atoms with E-state index in [9.17, 15) is 9.90 Å². The number of hydrogen-bond donors (Lipinski definition) is 2. The first-order chi connectivity index (χ1) is 11.6. The van der Waals surface area contributed by atoms with Crippen molar-refractivity contribution in [3.05, 3.63) is 83.9 Å². The van der Waals surface area contributed by atoms with Gasteiger partial charge in [0.2, 0.25) is 0 Å². The molecule has 1 atom stereocenters. The van der Waals surface area contributed by atoms with Crippen LogP contribution in [0, 0.1) is 6.92 Å². The maximum absolute atomic E-state index is 12.2. The highest BCUT2D eigenvalue weighted by Crippen LogP contribution is 2.16. The molecule has 1 unspecified atom stereocenters. The summed E-state index contributed by atoms with van der Waals surface area (Å²) in [6, 6.07) is 14.8. The fourth-order valence-electron chi connectivity index (χ4n) is 2.56. The maximum Gasteiger partial charge on any atom is 0.251 e. The van der Waals surface area contributed by atoms with Crippen LogP contribution in [-0.2, 0) is 0 Å². The fraction of sp³-hybridized carbons (Fsp3) is 0.158. The molecule has 5 heteroatoms. The summed E-state index contributed by atoms with van der Waals surface area (Å²) in [6.45, 7) is 2.11. The lowest BCUT2D eigenvalue weighted by atomic mass is 10.0. The minimum absolute atomic E-state index is 0.174. The predicted molar refractivity (Wildman–Crippen MR) is 92.0 cm³/mol. The number of rotatable bonds is 5. The number of aryl methyl sites for hydroxylation is 1.